The van der Waals surface area contributed by atoms with E-state index in [1.54, 1.807) is 19.1 Å². The average molecular weight is 347 g/mol. The van der Waals surface area contributed by atoms with Crippen LogP contribution in [0.1, 0.15) is 13.3 Å². The van der Waals surface area contributed by atoms with E-state index in [1.165, 1.54) is 29.8 Å². The van der Waals surface area contributed by atoms with E-state index in [0.29, 0.717) is 11.4 Å². The number of carbonyl (C=O) groups is 1. The second-order valence-electron chi connectivity index (χ2n) is 4.85. The number of nitrogens with zero attached hydrogens (tertiary/aromatic N) is 2. The molecule has 118 valence electrons. The molecule has 7 heteroatoms. The van der Waals surface area contributed by atoms with E-state index in [-0.39, 0.29) is 5.82 Å². The highest BCUT2D eigenvalue weighted by Crippen LogP contribution is 2.39. The van der Waals surface area contributed by atoms with Gasteiger partial charge in [-0.05, 0) is 24.1 Å². The lowest BCUT2D eigenvalue weighted by molar-refractivity contribution is -0.304. The van der Waals surface area contributed by atoms with Gasteiger partial charge >= 0.3 is 0 Å². The van der Waals surface area contributed by atoms with Gasteiger partial charge in [-0.15, -0.1) is 11.3 Å². The summed E-state index contributed by atoms with van der Waals surface area (Å²) in [6, 6.07) is 6.17. The minimum atomic E-state index is -1.11. The number of carboxylic acids is 1. The number of halogens is 1. The first-order chi connectivity index (χ1) is 11.1. The van der Waals surface area contributed by atoms with Crippen LogP contribution in [-0.4, -0.2) is 21.2 Å². The monoisotopic (exact) mass is 347 g/mol. The van der Waals surface area contributed by atoms with Gasteiger partial charge in [0.15, 0.2) is 0 Å². The average Bonchev–Trinajstić information content (AvgIpc) is 2.98. The molecule has 0 N–H and O–H groups in total. The van der Waals surface area contributed by atoms with Crippen molar-refractivity contribution in [1.29, 1.82) is 0 Å². The Kier molecular flexibility index (Phi) is 4.58. The van der Waals surface area contributed by atoms with E-state index in [2.05, 4.69) is 9.97 Å². The molecule has 2 aromatic heterocycles. The molecule has 0 aliphatic carbocycles. The SMILES string of the molecule is CCC(Sc1ncnc2scc(-c3ccc(F)cc3)c12)C(=O)[O-]. The molecule has 0 saturated heterocycles. The van der Waals surface area contributed by atoms with Crippen LogP contribution in [0.15, 0.2) is 41.0 Å². The van der Waals surface area contributed by atoms with Crippen LogP contribution in [0.25, 0.3) is 21.3 Å². The van der Waals surface area contributed by atoms with Crippen LogP contribution in [0, 0.1) is 5.82 Å². The van der Waals surface area contributed by atoms with Gasteiger partial charge in [-0.25, -0.2) is 14.4 Å². The summed E-state index contributed by atoms with van der Waals surface area (Å²) in [7, 11) is 0. The Morgan fingerprint density at radius 1 is 1.35 bits per heavy atom. The highest BCUT2D eigenvalue weighted by Gasteiger charge is 2.17. The molecule has 1 aromatic carbocycles. The quantitative estimate of drug-likeness (QED) is 0.524. The van der Waals surface area contributed by atoms with Gasteiger partial charge in [0.1, 0.15) is 22.0 Å². The molecule has 0 aliphatic heterocycles. The van der Waals surface area contributed by atoms with Crippen LogP contribution >= 0.6 is 23.1 Å². The van der Waals surface area contributed by atoms with Crippen molar-refractivity contribution in [1.82, 2.24) is 9.97 Å². The van der Waals surface area contributed by atoms with Crippen LogP contribution in [0.3, 0.4) is 0 Å². The Morgan fingerprint density at radius 2 is 2.09 bits per heavy atom. The first kappa shape index (κ1) is 15.9. The van der Waals surface area contributed by atoms with Gasteiger partial charge in [0.25, 0.3) is 0 Å². The fourth-order valence-corrected chi connectivity index (χ4v) is 4.16. The second-order valence-corrected chi connectivity index (χ2v) is 6.90. The molecule has 0 radical (unpaired) electrons. The molecule has 4 nitrogen and oxygen atoms in total. The normalized spacial score (nSPS) is 12.4. The second kappa shape index (κ2) is 6.64. The number of thioether (sulfide) groups is 1. The van der Waals surface area contributed by atoms with Crippen molar-refractivity contribution in [3.05, 3.63) is 41.8 Å². The van der Waals surface area contributed by atoms with Gasteiger partial charge in [0.2, 0.25) is 0 Å². The third kappa shape index (κ3) is 3.20. The van der Waals surface area contributed by atoms with Gasteiger partial charge in [-0.2, -0.15) is 0 Å². The van der Waals surface area contributed by atoms with Crippen molar-refractivity contribution < 1.29 is 14.3 Å². The molecule has 0 saturated carbocycles. The maximum Gasteiger partial charge on any atom is 0.128 e. The number of rotatable bonds is 5. The van der Waals surface area contributed by atoms with E-state index < -0.39 is 11.2 Å². The number of aliphatic carboxylic acids is 1. The number of carbonyl (C=O) groups excluding carboxylic acids is 1. The zero-order chi connectivity index (χ0) is 16.4. The van der Waals surface area contributed by atoms with Gasteiger partial charge in [-0.1, -0.05) is 30.8 Å². The highest BCUT2D eigenvalue weighted by atomic mass is 32.2. The lowest BCUT2D eigenvalue weighted by Gasteiger charge is -2.15. The molecule has 3 rings (SSSR count). The number of benzene rings is 1. The predicted molar refractivity (Wildman–Crippen MR) is 87.8 cm³/mol. The molecule has 1 atom stereocenters. The predicted octanol–water partition coefficient (Wildman–Crippen LogP) is 3.12. The van der Waals surface area contributed by atoms with Crippen LogP contribution in [0.4, 0.5) is 4.39 Å². The van der Waals surface area contributed by atoms with Crippen LogP contribution < -0.4 is 5.11 Å². The lowest BCUT2D eigenvalue weighted by Crippen LogP contribution is -2.33. The molecule has 0 bridgehead atoms. The first-order valence-electron chi connectivity index (χ1n) is 6.95. The number of carboxylic acid groups (broad SMARTS) is 1. The van der Waals surface area contributed by atoms with Crippen LogP contribution in [0.2, 0.25) is 0 Å². The van der Waals surface area contributed by atoms with Gasteiger partial charge in [-0.3, -0.25) is 0 Å². The Bertz CT molecular complexity index is 849. The van der Waals surface area contributed by atoms with Crippen molar-refractivity contribution in [3.63, 3.8) is 0 Å². The third-order valence-electron chi connectivity index (χ3n) is 3.38. The van der Waals surface area contributed by atoms with Crippen molar-refractivity contribution >= 4 is 39.3 Å². The summed E-state index contributed by atoms with van der Waals surface area (Å²) < 4.78 is 13.1. The molecule has 2 heterocycles. The third-order valence-corrected chi connectivity index (χ3v) is 5.61. The summed E-state index contributed by atoms with van der Waals surface area (Å²) in [6.45, 7) is 1.79. The summed E-state index contributed by atoms with van der Waals surface area (Å²) >= 11 is 2.61. The topological polar surface area (TPSA) is 65.9 Å². The maximum absolute atomic E-state index is 13.1. The molecule has 23 heavy (non-hydrogen) atoms. The summed E-state index contributed by atoms with van der Waals surface area (Å²) in [5.74, 6) is -1.41. The Balaban J connectivity index is 2.10. The zero-order valence-corrected chi connectivity index (χ0v) is 13.8. The number of hydrogen-bond donors (Lipinski definition) is 0. The molecular weight excluding hydrogens is 335 g/mol. The molecule has 3 aromatic rings. The van der Waals surface area contributed by atoms with Crippen molar-refractivity contribution in [2.45, 2.75) is 23.6 Å². The number of hydrogen-bond acceptors (Lipinski definition) is 6. The van der Waals surface area contributed by atoms with E-state index in [9.17, 15) is 14.3 Å². The number of aromatic nitrogens is 2. The fourth-order valence-electron chi connectivity index (χ4n) is 2.21. The zero-order valence-electron chi connectivity index (χ0n) is 12.2. The number of fused-ring (bicyclic) bond motifs is 1. The minimum Gasteiger partial charge on any atom is -0.549 e. The molecule has 0 aliphatic rings. The largest absolute Gasteiger partial charge is 0.549 e. The van der Waals surface area contributed by atoms with Gasteiger partial charge < -0.3 is 9.90 Å². The smallest absolute Gasteiger partial charge is 0.128 e. The molecule has 0 amide bonds. The van der Waals surface area contributed by atoms with E-state index in [4.69, 9.17) is 0 Å². The maximum atomic E-state index is 13.1. The van der Waals surface area contributed by atoms with Crippen molar-refractivity contribution in [2.24, 2.45) is 0 Å². The highest BCUT2D eigenvalue weighted by molar-refractivity contribution is 8.00. The van der Waals surface area contributed by atoms with Gasteiger partial charge in [0, 0.05) is 10.9 Å². The van der Waals surface area contributed by atoms with Crippen molar-refractivity contribution in [2.75, 3.05) is 0 Å². The first-order valence-corrected chi connectivity index (χ1v) is 8.71. The lowest BCUT2D eigenvalue weighted by atomic mass is 10.1. The Morgan fingerprint density at radius 3 is 2.74 bits per heavy atom. The Labute approximate surface area is 140 Å². The Hall–Kier alpha value is -1.99. The summed E-state index contributed by atoms with van der Waals surface area (Å²) in [5, 5.41) is 13.8. The summed E-state index contributed by atoms with van der Waals surface area (Å²) in [6.07, 6.45) is 1.87. The summed E-state index contributed by atoms with van der Waals surface area (Å²) in [5.41, 5.74) is 1.72. The standard InChI is InChI=1S/C16H13FN2O2S2/c1-2-12(16(20)21)23-15-13-11(7-22-14(13)18-8-19-15)9-3-5-10(17)6-4-9/h3-8,12H,2H2,1H3,(H,20,21)/p-1. The molecule has 0 spiro atoms. The minimum absolute atomic E-state index is 0.304. The van der Waals surface area contributed by atoms with Gasteiger partial charge in [0.05, 0.1) is 16.6 Å². The number of thiophene rings is 1. The molecule has 1 unspecified atom stereocenters. The van der Waals surface area contributed by atoms with Crippen LogP contribution in [0.5, 0.6) is 0 Å². The van der Waals surface area contributed by atoms with Crippen molar-refractivity contribution in [3.8, 4) is 11.1 Å². The van der Waals surface area contributed by atoms with E-state index >= 15 is 0 Å². The fraction of sp³-hybridized carbons (Fsp3) is 0.188. The van der Waals surface area contributed by atoms with E-state index in [1.807, 2.05) is 5.38 Å². The molecular formula is C16H12FN2O2S2-. The molecule has 0 fully saturated rings. The van der Waals surface area contributed by atoms with Crippen LogP contribution in [-0.2, 0) is 4.79 Å². The van der Waals surface area contributed by atoms with E-state index in [0.717, 1.165) is 33.1 Å². The summed E-state index contributed by atoms with van der Waals surface area (Å²) in [4.78, 5) is 20.4.